The molecule has 2 aromatic heterocycles. The second-order valence-corrected chi connectivity index (χ2v) is 5.18. The molecule has 1 fully saturated rings. The van der Waals surface area contributed by atoms with Crippen LogP contribution in [0.5, 0.6) is 0 Å². The summed E-state index contributed by atoms with van der Waals surface area (Å²) in [6.45, 7) is 1.46. The molecule has 1 saturated heterocycles. The maximum absolute atomic E-state index is 13.9. The normalized spacial score (nSPS) is 19.4. The fraction of sp³-hybridized carbons (Fsp3) is 0.462. The topological polar surface area (TPSA) is 87.9 Å². The third-order valence-corrected chi connectivity index (χ3v) is 3.71. The number of piperidine rings is 1. The van der Waals surface area contributed by atoms with Crippen molar-refractivity contribution >= 4 is 22.8 Å². The number of nitrogens with one attached hydrogen (secondary N) is 1. The summed E-state index contributed by atoms with van der Waals surface area (Å²) < 4.78 is 13.9. The van der Waals surface area contributed by atoms with Gasteiger partial charge in [-0.2, -0.15) is 0 Å². The van der Waals surface area contributed by atoms with Crippen LogP contribution in [0, 0.1) is 11.7 Å². The van der Waals surface area contributed by atoms with Gasteiger partial charge >= 0.3 is 0 Å². The molecule has 3 rings (SSSR count). The van der Waals surface area contributed by atoms with Crippen LogP contribution in [0.3, 0.4) is 0 Å². The van der Waals surface area contributed by atoms with Crippen molar-refractivity contribution in [1.29, 1.82) is 0 Å². The molecule has 1 aliphatic heterocycles. The number of halogens is 1. The monoisotopic (exact) mass is 277 g/mol. The molecule has 7 heteroatoms. The Balaban J connectivity index is 1.90. The first kappa shape index (κ1) is 12.8. The highest BCUT2D eigenvalue weighted by molar-refractivity contribution is 5.88. The molecule has 3 heterocycles. The summed E-state index contributed by atoms with van der Waals surface area (Å²) in [6, 6.07) is 0. The number of aromatic amines is 1. The molecule has 0 unspecified atom stereocenters. The van der Waals surface area contributed by atoms with E-state index in [0.717, 1.165) is 19.4 Å². The van der Waals surface area contributed by atoms with Gasteiger partial charge in [0.2, 0.25) is 5.91 Å². The van der Waals surface area contributed by atoms with Crippen LogP contribution >= 0.6 is 0 Å². The van der Waals surface area contributed by atoms with Gasteiger partial charge in [0, 0.05) is 25.7 Å². The van der Waals surface area contributed by atoms with Crippen molar-refractivity contribution in [3.63, 3.8) is 0 Å². The van der Waals surface area contributed by atoms with Crippen LogP contribution in [0.15, 0.2) is 12.5 Å². The van der Waals surface area contributed by atoms with Gasteiger partial charge in [0.25, 0.3) is 0 Å². The molecule has 106 valence electrons. The number of fused-ring (bicyclic) bond motifs is 1. The zero-order chi connectivity index (χ0) is 14.1. The van der Waals surface area contributed by atoms with Gasteiger partial charge in [-0.1, -0.05) is 0 Å². The molecule has 20 heavy (non-hydrogen) atoms. The van der Waals surface area contributed by atoms with E-state index in [-0.39, 0.29) is 17.6 Å². The second kappa shape index (κ2) is 5.07. The third-order valence-electron chi connectivity index (χ3n) is 3.71. The SMILES string of the molecule is NC(=O)C[C@H]1CCCN(c2ncnc3[nH]cc(F)c23)C1. The van der Waals surface area contributed by atoms with Crippen LogP contribution in [0.2, 0.25) is 0 Å². The van der Waals surface area contributed by atoms with Crippen molar-refractivity contribution in [1.82, 2.24) is 15.0 Å². The minimum Gasteiger partial charge on any atom is -0.370 e. The highest BCUT2D eigenvalue weighted by Gasteiger charge is 2.25. The summed E-state index contributed by atoms with van der Waals surface area (Å²) in [5.74, 6) is 0.140. The number of nitrogens with two attached hydrogens (primary N) is 1. The summed E-state index contributed by atoms with van der Waals surface area (Å²) in [5, 5.41) is 0.409. The number of carbonyl (C=O) groups excluding carboxylic acids is 1. The lowest BCUT2D eigenvalue weighted by atomic mass is 9.94. The molecule has 0 aliphatic carbocycles. The number of hydrogen-bond donors (Lipinski definition) is 2. The number of primary amides is 1. The first-order valence-corrected chi connectivity index (χ1v) is 6.66. The number of nitrogens with zero attached hydrogens (tertiary/aromatic N) is 3. The minimum atomic E-state index is -0.354. The molecule has 1 atom stereocenters. The van der Waals surface area contributed by atoms with E-state index in [1.165, 1.54) is 12.5 Å². The maximum atomic E-state index is 13.9. The van der Waals surface area contributed by atoms with Crippen molar-refractivity contribution in [3.05, 3.63) is 18.3 Å². The Kier molecular flexibility index (Phi) is 3.25. The molecule has 2 aromatic rings. The largest absolute Gasteiger partial charge is 0.370 e. The number of amides is 1. The summed E-state index contributed by atoms with van der Waals surface area (Å²) in [6.07, 6.45) is 4.97. The van der Waals surface area contributed by atoms with Gasteiger partial charge in [-0.15, -0.1) is 0 Å². The highest BCUT2D eigenvalue weighted by atomic mass is 19.1. The first-order chi connectivity index (χ1) is 9.65. The van der Waals surface area contributed by atoms with Crippen LogP contribution in [0.25, 0.3) is 11.0 Å². The molecule has 0 bridgehead atoms. The molecular formula is C13H16FN5O. The van der Waals surface area contributed by atoms with Gasteiger partial charge in [-0.05, 0) is 18.8 Å². The zero-order valence-corrected chi connectivity index (χ0v) is 11.0. The summed E-state index contributed by atoms with van der Waals surface area (Å²) >= 11 is 0. The highest BCUT2D eigenvalue weighted by Crippen LogP contribution is 2.29. The summed E-state index contributed by atoms with van der Waals surface area (Å²) in [7, 11) is 0. The Labute approximate surface area is 115 Å². The maximum Gasteiger partial charge on any atom is 0.217 e. The van der Waals surface area contributed by atoms with E-state index in [9.17, 15) is 9.18 Å². The number of rotatable bonds is 3. The van der Waals surface area contributed by atoms with Crippen molar-refractivity contribution in [2.75, 3.05) is 18.0 Å². The van der Waals surface area contributed by atoms with E-state index in [1.54, 1.807) is 0 Å². The molecule has 1 amide bonds. The molecule has 0 radical (unpaired) electrons. The van der Waals surface area contributed by atoms with Gasteiger partial charge < -0.3 is 15.6 Å². The van der Waals surface area contributed by atoms with E-state index < -0.39 is 0 Å². The molecule has 0 saturated carbocycles. The van der Waals surface area contributed by atoms with Gasteiger partial charge in [-0.25, -0.2) is 14.4 Å². The van der Waals surface area contributed by atoms with Gasteiger partial charge in [0.05, 0.1) is 5.39 Å². The molecule has 0 aromatic carbocycles. The predicted octanol–water partition coefficient (Wildman–Crippen LogP) is 1.19. The average molecular weight is 277 g/mol. The zero-order valence-electron chi connectivity index (χ0n) is 11.0. The quantitative estimate of drug-likeness (QED) is 0.882. The number of aromatic nitrogens is 3. The van der Waals surface area contributed by atoms with Crippen molar-refractivity contribution < 1.29 is 9.18 Å². The standard InChI is InChI=1S/C13H16FN5O/c14-9-5-16-12-11(9)13(18-7-17-12)19-3-1-2-8(6-19)4-10(15)20/h5,7-8H,1-4,6H2,(H2,15,20)(H,16,17,18)/t8-/m1/s1. The number of hydrogen-bond acceptors (Lipinski definition) is 4. The lowest BCUT2D eigenvalue weighted by Crippen LogP contribution is -2.37. The number of anilines is 1. The molecule has 0 spiro atoms. The lowest BCUT2D eigenvalue weighted by Gasteiger charge is -2.33. The van der Waals surface area contributed by atoms with E-state index in [4.69, 9.17) is 5.73 Å². The Morgan fingerprint density at radius 2 is 2.40 bits per heavy atom. The van der Waals surface area contributed by atoms with Crippen molar-refractivity contribution in [2.24, 2.45) is 11.7 Å². The van der Waals surface area contributed by atoms with Crippen LogP contribution < -0.4 is 10.6 Å². The molecule has 1 aliphatic rings. The van der Waals surface area contributed by atoms with Crippen molar-refractivity contribution in [3.8, 4) is 0 Å². The Hall–Kier alpha value is -2.18. The van der Waals surface area contributed by atoms with E-state index in [0.29, 0.717) is 29.8 Å². The van der Waals surface area contributed by atoms with Crippen LogP contribution in [0.1, 0.15) is 19.3 Å². The smallest absolute Gasteiger partial charge is 0.217 e. The second-order valence-electron chi connectivity index (χ2n) is 5.18. The third kappa shape index (κ3) is 2.31. The van der Waals surface area contributed by atoms with Gasteiger partial charge in [0.15, 0.2) is 5.82 Å². The minimum absolute atomic E-state index is 0.202. The molecule has 6 nitrogen and oxygen atoms in total. The predicted molar refractivity (Wildman–Crippen MR) is 72.6 cm³/mol. The number of H-pyrrole nitrogens is 1. The summed E-state index contributed by atoms with van der Waals surface area (Å²) in [5.41, 5.74) is 5.75. The van der Waals surface area contributed by atoms with E-state index in [2.05, 4.69) is 15.0 Å². The van der Waals surface area contributed by atoms with E-state index >= 15 is 0 Å². The average Bonchev–Trinajstić information content (AvgIpc) is 2.80. The van der Waals surface area contributed by atoms with Gasteiger partial charge in [0.1, 0.15) is 17.8 Å². The Morgan fingerprint density at radius 3 is 3.20 bits per heavy atom. The fourth-order valence-corrected chi connectivity index (χ4v) is 2.86. The Bertz CT molecular complexity index is 641. The summed E-state index contributed by atoms with van der Waals surface area (Å²) in [4.78, 5) is 24.1. The van der Waals surface area contributed by atoms with Crippen LogP contribution in [0.4, 0.5) is 10.2 Å². The van der Waals surface area contributed by atoms with Crippen LogP contribution in [-0.4, -0.2) is 33.9 Å². The van der Waals surface area contributed by atoms with Crippen LogP contribution in [-0.2, 0) is 4.79 Å². The number of carbonyl (C=O) groups is 1. The fourth-order valence-electron chi connectivity index (χ4n) is 2.86. The van der Waals surface area contributed by atoms with Crippen molar-refractivity contribution in [2.45, 2.75) is 19.3 Å². The Morgan fingerprint density at radius 1 is 1.55 bits per heavy atom. The molecule has 3 N–H and O–H groups in total. The lowest BCUT2D eigenvalue weighted by molar-refractivity contribution is -0.118. The first-order valence-electron chi connectivity index (χ1n) is 6.66. The van der Waals surface area contributed by atoms with Gasteiger partial charge in [-0.3, -0.25) is 4.79 Å². The van der Waals surface area contributed by atoms with E-state index in [1.807, 2.05) is 4.90 Å². The molecular weight excluding hydrogens is 261 g/mol.